The zero-order valence-corrected chi connectivity index (χ0v) is 60.0. The van der Waals surface area contributed by atoms with Crippen molar-refractivity contribution in [3.8, 4) is 0 Å². The molecule has 0 aromatic rings. The maximum Gasteiger partial charge on any atom is 0.0282 e. The molecule has 8 N–H and O–H groups in total. The van der Waals surface area contributed by atoms with Crippen LogP contribution < -0.4 is 22.9 Å². The van der Waals surface area contributed by atoms with Crippen LogP contribution in [0.3, 0.4) is 0 Å². The first-order chi connectivity index (χ1) is 41.0. The smallest absolute Gasteiger partial charge is 0.0282 e. The quantitative estimate of drug-likeness (QED) is 0.0207. The molecule has 502 valence electrons. The van der Waals surface area contributed by atoms with Gasteiger partial charge in [0.2, 0.25) is 0 Å². The lowest BCUT2D eigenvalue weighted by Crippen LogP contribution is -2.26. The minimum Gasteiger partial charge on any atom is -0.330 e. The van der Waals surface area contributed by atoms with Crippen molar-refractivity contribution in [3.05, 3.63) is 0 Å². The molecule has 1 saturated carbocycles. The number of unbranched alkanes of at least 4 members (excludes halogenated alkanes) is 26. The molecule has 4 saturated heterocycles. The molecule has 0 bridgehead atoms. The minimum atomic E-state index is 0. The van der Waals surface area contributed by atoms with Gasteiger partial charge >= 0.3 is 0 Å². The molecule has 0 spiro atoms. The van der Waals surface area contributed by atoms with E-state index < -0.39 is 0 Å². The fourth-order valence-electron chi connectivity index (χ4n) is 12.5. The van der Waals surface area contributed by atoms with E-state index in [0.717, 1.165) is 35.0 Å². The van der Waals surface area contributed by atoms with E-state index in [1.165, 1.54) is 419 Å². The highest BCUT2D eigenvalue weighted by Gasteiger charge is 2.12. The summed E-state index contributed by atoms with van der Waals surface area (Å²) in [6.45, 7) is 19.8. The van der Waals surface area contributed by atoms with Crippen LogP contribution in [0, 0.1) is 0 Å². The molecule has 0 aromatic carbocycles. The van der Waals surface area contributed by atoms with Gasteiger partial charge in [0, 0.05) is 10.2 Å². The second kappa shape index (κ2) is 77.4. The zero-order chi connectivity index (χ0) is 60.1. The van der Waals surface area contributed by atoms with Gasteiger partial charge < -0.3 is 42.5 Å². The van der Waals surface area contributed by atoms with Crippen LogP contribution in [-0.2, 0) is 0 Å². The molecule has 4 heterocycles. The highest BCUT2D eigenvalue weighted by atomic mass is 127. The lowest BCUT2D eigenvalue weighted by molar-refractivity contribution is 0.266. The van der Waals surface area contributed by atoms with Crippen LogP contribution in [-0.4, -0.2) is 133 Å². The van der Waals surface area contributed by atoms with Gasteiger partial charge in [-0.25, -0.2) is 0 Å². The van der Waals surface area contributed by atoms with Crippen LogP contribution in [0.5, 0.6) is 0 Å². The fourth-order valence-corrected chi connectivity index (χ4v) is 14.3. The summed E-state index contributed by atoms with van der Waals surface area (Å²) < 4.78 is 8.97. The number of nitrogens with two attached hydrogens (primary N) is 4. The molecule has 0 aromatic heterocycles. The van der Waals surface area contributed by atoms with Crippen molar-refractivity contribution in [2.75, 3.05) is 114 Å². The Kier molecular flexibility index (Phi) is 78.4. The SMILES string of the molecule is C.C1CCCCCC1.C1CCCN(CCCCCCN2CCCCCC2)CC1.NCCCCCCCCCCCCCN.NCCCCCCCCCCCCCN1CCCCCC1.NCCCCCCN1CCCCCC1.[2H]C(CI)CI. The predicted molar refractivity (Wildman–Crippen MR) is 396 cm³/mol. The molecular formula is C73H156I2N8. The molecule has 8 nitrogen and oxygen atoms in total. The molecule has 0 unspecified atom stereocenters. The third kappa shape index (κ3) is 70.5. The second-order valence-corrected chi connectivity index (χ2v) is 27.6. The van der Waals surface area contributed by atoms with E-state index in [0.29, 0.717) is 0 Å². The standard InChI is InChI=1S/C19H40N2.C18H36N2.C13H30N2.C12H26N2.C7H14.C3H6I2.CH4/c20-16-12-8-6-4-2-1-3-5-7-9-13-17-21-18-14-10-11-15-19-21;1-2-8-14-19(13-7-1)17-11-5-6-12-18-20-15-9-3-4-10-16-20;14-12-10-8-6-4-2-1-3-5-7-9-11-13-15;13-9-5-1-2-6-10-14-11-7-3-4-8-12-14;1-2-4-6-7-5-3-1;4-2-1-3-5;/h1-20H2;1-18H2;1-15H2;1-13H2;1-7H2;1-3H2;1H4/i;;;;;1D;. The van der Waals surface area contributed by atoms with Crippen molar-refractivity contribution in [1.29, 1.82) is 0 Å². The van der Waals surface area contributed by atoms with E-state index in [1.54, 1.807) is 0 Å². The van der Waals surface area contributed by atoms with Crippen LogP contribution in [0.25, 0.3) is 0 Å². The Bertz CT molecular complexity index is 1070. The summed E-state index contributed by atoms with van der Waals surface area (Å²) in [7, 11) is 0. The maximum absolute atomic E-state index is 7.05. The Morgan fingerprint density at radius 2 is 0.349 bits per heavy atom. The van der Waals surface area contributed by atoms with Crippen molar-refractivity contribution in [1.82, 2.24) is 19.6 Å². The largest absolute Gasteiger partial charge is 0.330 e. The summed E-state index contributed by atoms with van der Waals surface area (Å²) >= 11 is 4.44. The number of likely N-dealkylation sites (tertiary alicyclic amines) is 4. The van der Waals surface area contributed by atoms with E-state index in [9.17, 15) is 0 Å². The van der Waals surface area contributed by atoms with Gasteiger partial charge in [-0.15, -0.1) is 0 Å². The molecule has 5 fully saturated rings. The average Bonchev–Trinajstić information content (AvgIpc) is 4.23. The van der Waals surface area contributed by atoms with Crippen molar-refractivity contribution in [2.45, 2.75) is 354 Å². The Morgan fingerprint density at radius 3 is 0.482 bits per heavy atom. The number of hydrogen-bond donors (Lipinski definition) is 4. The van der Waals surface area contributed by atoms with Gasteiger partial charge in [-0.2, -0.15) is 0 Å². The zero-order valence-electron chi connectivity index (χ0n) is 56.6. The van der Waals surface area contributed by atoms with Crippen LogP contribution in [0.2, 0.25) is 0 Å². The highest BCUT2D eigenvalue weighted by Crippen LogP contribution is 2.18. The number of hydrogen-bond acceptors (Lipinski definition) is 8. The van der Waals surface area contributed by atoms with Gasteiger partial charge in [-0.05, 0) is 214 Å². The lowest BCUT2D eigenvalue weighted by atomic mass is 10.1. The van der Waals surface area contributed by atoms with Crippen LogP contribution in [0.15, 0.2) is 0 Å². The number of halogens is 2. The lowest BCUT2D eigenvalue weighted by Gasteiger charge is -2.20. The summed E-state index contributed by atoms with van der Waals surface area (Å²) in [6.07, 6.45) is 75.3. The van der Waals surface area contributed by atoms with Gasteiger partial charge in [0.15, 0.2) is 0 Å². The molecule has 0 radical (unpaired) electrons. The van der Waals surface area contributed by atoms with Crippen molar-refractivity contribution >= 4 is 45.2 Å². The van der Waals surface area contributed by atoms with Gasteiger partial charge in [0.25, 0.3) is 0 Å². The fraction of sp³-hybridized carbons (Fsp3) is 1.00. The molecular weight excluding hydrogens is 1240 g/mol. The first-order valence-corrected chi connectivity index (χ1v) is 40.3. The topological polar surface area (TPSA) is 117 Å². The Labute approximate surface area is 552 Å². The maximum atomic E-state index is 7.05. The Balaban J connectivity index is 0. The summed E-state index contributed by atoms with van der Waals surface area (Å²) in [5, 5.41) is 0. The number of alkyl halides is 2. The Hall–Kier alpha value is 1.14. The third-order valence-corrected chi connectivity index (χ3v) is 19.2. The van der Waals surface area contributed by atoms with E-state index in [-0.39, 0.29) is 13.8 Å². The van der Waals surface area contributed by atoms with Gasteiger partial charge in [0.05, 0.1) is 0 Å². The van der Waals surface area contributed by atoms with E-state index >= 15 is 0 Å². The summed E-state index contributed by atoms with van der Waals surface area (Å²) in [6, 6.07) is 0. The van der Waals surface area contributed by atoms with Crippen molar-refractivity contribution < 1.29 is 1.37 Å². The first-order valence-electron chi connectivity index (χ1n) is 37.9. The summed E-state index contributed by atoms with van der Waals surface area (Å²) in [5.41, 5.74) is 21.8. The predicted octanol–water partition coefficient (Wildman–Crippen LogP) is 20.6. The third-order valence-electron chi connectivity index (χ3n) is 18.0. The molecule has 1 aliphatic carbocycles. The van der Waals surface area contributed by atoms with Crippen LogP contribution in [0.4, 0.5) is 0 Å². The average molecular weight is 1400 g/mol. The monoisotopic (exact) mass is 1400 g/mol. The number of rotatable bonds is 40. The Morgan fingerprint density at radius 1 is 0.217 bits per heavy atom. The molecule has 0 atom stereocenters. The normalized spacial score (nSPS) is 17.9. The van der Waals surface area contributed by atoms with Crippen molar-refractivity contribution in [2.24, 2.45) is 22.9 Å². The first kappa shape index (κ1) is 84.1. The van der Waals surface area contributed by atoms with E-state index in [4.69, 9.17) is 24.3 Å². The highest BCUT2D eigenvalue weighted by molar-refractivity contribution is 14.1. The van der Waals surface area contributed by atoms with Crippen LogP contribution >= 0.6 is 45.2 Å². The molecule has 10 heteroatoms. The van der Waals surface area contributed by atoms with E-state index in [2.05, 4.69) is 64.8 Å². The minimum absolute atomic E-state index is 0. The summed E-state index contributed by atoms with van der Waals surface area (Å²) in [5.74, 6) is 0. The molecule has 5 aliphatic rings. The van der Waals surface area contributed by atoms with Crippen molar-refractivity contribution in [3.63, 3.8) is 0 Å². The van der Waals surface area contributed by atoms with Gasteiger partial charge in [-0.1, -0.05) is 290 Å². The van der Waals surface area contributed by atoms with Gasteiger partial charge in [-0.3, -0.25) is 0 Å². The molecule has 4 aliphatic heterocycles. The van der Waals surface area contributed by atoms with E-state index in [1.807, 2.05) is 0 Å². The molecule has 0 amide bonds. The second-order valence-electron chi connectivity index (χ2n) is 25.9. The number of nitrogens with zero attached hydrogens (tertiary/aromatic N) is 4. The summed E-state index contributed by atoms with van der Waals surface area (Å²) in [4.78, 5) is 10.8. The molecule has 83 heavy (non-hydrogen) atoms. The van der Waals surface area contributed by atoms with Crippen LogP contribution in [0.1, 0.15) is 355 Å². The van der Waals surface area contributed by atoms with Gasteiger partial charge in [0.1, 0.15) is 0 Å². The molecule has 5 rings (SSSR count).